The Labute approximate surface area is 162 Å². The predicted molar refractivity (Wildman–Crippen MR) is 104 cm³/mol. The number of hydrogen-bond donors (Lipinski definition) is 2. The van der Waals surface area contributed by atoms with E-state index in [-0.39, 0.29) is 12.5 Å². The first-order valence-electron chi connectivity index (χ1n) is 8.56. The van der Waals surface area contributed by atoms with Crippen molar-refractivity contribution in [3.63, 3.8) is 0 Å². The quantitative estimate of drug-likeness (QED) is 0.628. The van der Waals surface area contributed by atoms with E-state index >= 15 is 0 Å². The number of nitrogens with two attached hydrogens (primary N) is 1. The Morgan fingerprint density at radius 2 is 1.57 bits per heavy atom. The lowest BCUT2D eigenvalue weighted by molar-refractivity contribution is -0.125. The third kappa shape index (κ3) is 5.31. The number of primary amides is 1. The Morgan fingerprint density at radius 3 is 2.14 bits per heavy atom. The fourth-order valence-electron chi connectivity index (χ4n) is 2.40. The minimum absolute atomic E-state index is 0.144. The van der Waals surface area contributed by atoms with Crippen LogP contribution < -0.4 is 20.5 Å². The zero-order valence-electron chi connectivity index (χ0n) is 14.9. The highest BCUT2D eigenvalue weighted by Crippen LogP contribution is 2.22. The largest absolute Gasteiger partial charge is 0.484 e. The van der Waals surface area contributed by atoms with E-state index in [4.69, 9.17) is 15.2 Å². The number of pyridine rings is 1. The highest BCUT2D eigenvalue weighted by atomic mass is 16.5. The maximum atomic E-state index is 12.0. The number of hydrogen-bond acceptors (Lipinski definition) is 5. The normalized spacial score (nSPS) is 11.3. The van der Waals surface area contributed by atoms with E-state index in [1.54, 1.807) is 48.5 Å². The summed E-state index contributed by atoms with van der Waals surface area (Å²) < 4.78 is 11.0. The first-order chi connectivity index (χ1) is 13.6. The molecule has 1 unspecified atom stereocenters. The van der Waals surface area contributed by atoms with Crippen LogP contribution in [0.5, 0.6) is 11.5 Å². The van der Waals surface area contributed by atoms with Gasteiger partial charge in [-0.05, 0) is 36.4 Å². The number of carbonyl (C=O) groups is 2. The second-order valence-electron chi connectivity index (χ2n) is 5.84. The summed E-state index contributed by atoms with van der Waals surface area (Å²) in [5, 5.41) is 2.63. The predicted octanol–water partition coefficient (Wildman–Crippen LogP) is 2.70. The molecule has 0 bridgehead atoms. The van der Waals surface area contributed by atoms with Crippen molar-refractivity contribution < 1.29 is 19.1 Å². The zero-order valence-corrected chi connectivity index (χ0v) is 14.9. The fraction of sp³-hybridized carbons (Fsp3) is 0.0952. The summed E-state index contributed by atoms with van der Waals surface area (Å²) in [5.41, 5.74) is 5.93. The molecule has 0 aliphatic rings. The second kappa shape index (κ2) is 9.18. The average molecular weight is 377 g/mol. The number of amides is 2. The Morgan fingerprint density at radius 1 is 0.929 bits per heavy atom. The Balaban J connectivity index is 1.59. The van der Waals surface area contributed by atoms with E-state index in [1.165, 1.54) is 6.20 Å². The van der Waals surface area contributed by atoms with Gasteiger partial charge in [-0.2, -0.15) is 0 Å². The molecular weight excluding hydrogens is 358 g/mol. The maximum absolute atomic E-state index is 12.0. The van der Waals surface area contributed by atoms with Crippen LogP contribution in [0.3, 0.4) is 0 Å². The number of ether oxygens (including phenoxy) is 2. The minimum atomic E-state index is -0.985. The molecule has 0 aliphatic heterocycles. The lowest BCUT2D eigenvalue weighted by atomic mass is 10.1. The lowest BCUT2D eigenvalue weighted by Gasteiger charge is -2.16. The van der Waals surface area contributed by atoms with Crippen LogP contribution in [0.2, 0.25) is 0 Å². The molecule has 142 valence electrons. The number of benzene rings is 2. The van der Waals surface area contributed by atoms with Crippen LogP contribution in [0.4, 0.5) is 5.82 Å². The van der Waals surface area contributed by atoms with Crippen molar-refractivity contribution in [1.82, 2.24) is 4.98 Å². The van der Waals surface area contributed by atoms with Crippen LogP contribution in [-0.4, -0.2) is 23.4 Å². The van der Waals surface area contributed by atoms with E-state index in [0.29, 0.717) is 22.9 Å². The first-order valence-corrected chi connectivity index (χ1v) is 8.56. The molecule has 0 saturated heterocycles. The number of para-hydroxylation sites is 2. The van der Waals surface area contributed by atoms with Crippen LogP contribution in [0.25, 0.3) is 0 Å². The number of carbonyl (C=O) groups excluding carboxylic acids is 2. The molecule has 1 heterocycles. The van der Waals surface area contributed by atoms with Gasteiger partial charge in [0.2, 0.25) is 6.10 Å². The summed E-state index contributed by atoms with van der Waals surface area (Å²) in [6.45, 7) is -0.144. The number of rotatable bonds is 8. The maximum Gasteiger partial charge on any atom is 0.263 e. The average Bonchev–Trinajstić information content (AvgIpc) is 2.72. The molecule has 0 spiro atoms. The van der Waals surface area contributed by atoms with E-state index in [2.05, 4.69) is 10.3 Å². The Bertz CT molecular complexity index is 915. The van der Waals surface area contributed by atoms with Crippen LogP contribution in [0.1, 0.15) is 11.7 Å². The van der Waals surface area contributed by atoms with Gasteiger partial charge >= 0.3 is 0 Å². The third-order valence-corrected chi connectivity index (χ3v) is 3.73. The number of nitrogens with one attached hydrogen (secondary N) is 1. The van der Waals surface area contributed by atoms with Gasteiger partial charge in [-0.15, -0.1) is 0 Å². The van der Waals surface area contributed by atoms with Crippen molar-refractivity contribution in [2.24, 2.45) is 5.73 Å². The van der Waals surface area contributed by atoms with Gasteiger partial charge in [0.05, 0.1) is 0 Å². The number of anilines is 1. The fourth-order valence-corrected chi connectivity index (χ4v) is 2.40. The lowest BCUT2D eigenvalue weighted by Crippen LogP contribution is -2.26. The molecule has 3 N–H and O–H groups in total. The van der Waals surface area contributed by atoms with Gasteiger partial charge in [0.25, 0.3) is 11.8 Å². The molecule has 7 nitrogen and oxygen atoms in total. The molecule has 0 saturated carbocycles. The van der Waals surface area contributed by atoms with Crippen molar-refractivity contribution in [3.05, 3.63) is 84.6 Å². The smallest absolute Gasteiger partial charge is 0.263 e. The van der Waals surface area contributed by atoms with Gasteiger partial charge in [0, 0.05) is 11.8 Å². The van der Waals surface area contributed by atoms with Gasteiger partial charge in [0.15, 0.2) is 6.61 Å². The molecule has 3 aromatic rings. The van der Waals surface area contributed by atoms with Crippen LogP contribution in [-0.2, 0) is 9.59 Å². The molecule has 28 heavy (non-hydrogen) atoms. The van der Waals surface area contributed by atoms with Crippen molar-refractivity contribution in [1.29, 1.82) is 0 Å². The summed E-state index contributed by atoms with van der Waals surface area (Å²) in [6, 6.07) is 21.1. The van der Waals surface area contributed by atoms with Gasteiger partial charge in [0.1, 0.15) is 17.3 Å². The highest BCUT2D eigenvalue weighted by Gasteiger charge is 2.20. The summed E-state index contributed by atoms with van der Waals surface area (Å²) >= 11 is 0. The third-order valence-electron chi connectivity index (χ3n) is 3.73. The monoisotopic (exact) mass is 377 g/mol. The van der Waals surface area contributed by atoms with Crippen molar-refractivity contribution in [2.45, 2.75) is 6.10 Å². The second-order valence-corrected chi connectivity index (χ2v) is 5.84. The van der Waals surface area contributed by atoms with Crippen molar-refractivity contribution >= 4 is 17.6 Å². The number of aromatic nitrogens is 1. The van der Waals surface area contributed by atoms with E-state index < -0.39 is 12.0 Å². The highest BCUT2D eigenvalue weighted by molar-refractivity contribution is 5.91. The summed E-state index contributed by atoms with van der Waals surface area (Å²) in [4.78, 5) is 27.9. The van der Waals surface area contributed by atoms with E-state index in [9.17, 15) is 9.59 Å². The molecule has 1 aromatic heterocycles. The summed E-state index contributed by atoms with van der Waals surface area (Å²) in [7, 11) is 0. The molecule has 1 atom stereocenters. The molecule has 2 amide bonds. The minimum Gasteiger partial charge on any atom is -0.484 e. The van der Waals surface area contributed by atoms with Crippen molar-refractivity contribution in [2.75, 3.05) is 11.9 Å². The summed E-state index contributed by atoms with van der Waals surface area (Å²) in [5.74, 6) is 0.452. The topological polar surface area (TPSA) is 104 Å². The van der Waals surface area contributed by atoms with E-state index in [0.717, 1.165) is 0 Å². The molecule has 0 aliphatic carbocycles. The van der Waals surface area contributed by atoms with E-state index in [1.807, 2.05) is 24.3 Å². The summed E-state index contributed by atoms with van der Waals surface area (Å²) in [6.07, 6.45) is 0.451. The van der Waals surface area contributed by atoms with Gasteiger partial charge in [-0.25, -0.2) is 4.98 Å². The van der Waals surface area contributed by atoms with Gasteiger partial charge in [-0.1, -0.05) is 36.4 Å². The molecule has 0 radical (unpaired) electrons. The molecule has 7 heteroatoms. The molecule has 0 fully saturated rings. The van der Waals surface area contributed by atoms with Gasteiger partial charge < -0.3 is 20.5 Å². The Hall–Kier alpha value is -3.87. The Kier molecular flexibility index (Phi) is 6.20. The van der Waals surface area contributed by atoms with Crippen LogP contribution >= 0.6 is 0 Å². The van der Waals surface area contributed by atoms with Crippen LogP contribution in [0.15, 0.2) is 79.0 Å². The van der Waals surface area contributed by atoms with Crippen LogP contribution in [0, 0.1) is 0 Å². The molecule has 3 rings (SSSR count). The van der Waals surface area contributed by atoms with Gasteiger partial charge in [-0.3, -0.25) is 9.59 Å². The number of nitrogens with zero attached hydrogens (tertiary/aromatic N) is 1. The standard InChI is InChI=1S/C21H19N3O4/c22-21(26)20(28-17-9-5-2-6-10-17)15-11-12-18(23-13-15)24-19(25)14-27-16-7-3-1-4-8-16/h1-13,20H,14H2,(H2,22,26)(H,23,24,25). The zero-order chi connectivity index (χ0) is 19.8. The molecule has 2 aromatic carbocycles. The molecular formula is C21H19N3O4. The SMILES string of the molecule is NC(=O)C(Oc1ccccc1)c1ccc(NC(=O)COc2ccccc2)nc1. The van der Waals surface area contributed by atoms with Crippen molar-refractivity contribution in [3.8, 4) is 11.5 Å². The first kappa shape index (κ1) is 18.9.